The second-order valence-corrected chi connectivity index (χ2v) is 16.9. The number of aliphatic hydroxyl groups is 1. The van der Waals surface area contributed by atoms with Gasteiger partial charge in [0.15, 0.2) is 18.4 Å². The maximum Gasteiger partial charge on any atom is 0.307 e. The van der Waals surface area contributed by atoms with E-state index in [1.54, 1.807) is 21.3 Å². The molecule has 1 saturated carbocycles. The van der Waals surface area contributed by atoms with Gasteiger partial charge in [-0.25, -0.2) is 0 Å². The number of likely N-dealkylation sites (N-methyl/N-ethyl adjacent to an activating group) is 1. The van der Waals surface area contributed by atoms with Crippen molar-refractivity contribution in [1.29, 1.82) is 0 Å². The van der Waals surface area contributed by atoms with E-state index in [-0.39, 0.29) is 78.3 Å². The zero-order valence-corrected chi connectivity index (χ0v) is 34.4. The Morgan fingerprint density at radius 2 is 1.58 bits per heavy atom. The van der Waals surface area contributed by atoms with E-state index < -0.39 is 42.9 Å². The largest absolute Gasteiger partial charge is 0.458 e. The maximum atomic E-state index is 14.7. The Kier molecular flexibility index (Phi) is 14.5. The van der Waals surface area contributed by atoms with Gasteiger partial charge in [-0.05, 0) is 102 Å². The van der Waals surface area contributed by atoms with Gasteiger partial charge >= 0.3 is 5.97 Å². The van der Waals surface area contributed by atoms with Crippen molar-refractivity contribution >= 4 is 11.8 Å². The summed E-state index contributed by atoms with van der Waals surface area (Å²) in [6.07, 6.45) is 10.7. The standard InChI is InChI=1S/C43H67NO11/c1-10-11-13-26-14-12-15-34(54-37-19-18-33(44(5)6)24(3)51-37)23(2)38(46)32-20-29-27(31(32)22-36(45)53-26)16-17-28-30(29)21-35(39(28)47)55-43-42(50-9)41(49-8)40(48-7)25(4)52-43/h11,13,16-17,20,23-31,33-35,37,39-43,47H,10,12,14-15,18-19,21-22H2,1-9H3/t23-,24-,25+,26+,27?,28?,29?,30?,31?,33+,34+,35+,37?,39+,40+,41-,42-,43+/m1/s1. The van der Waals surface area contributed by atoms with Crippen LogP contribution in [0.4, 0.5) is 0 Å². The molecule has 310 valence electrons. The van der Waals surface area contributed by atoms with Crippen LogP contribution < -0.4 is 0 Å². The Balaban J connectivity index is 1.24. The van der Waals surface area contributed by atoms with Crippen molar-refractivity contribution in [2.45, 2.75) is 153 Å². The lowest BCUT2D eigenvalue weighted by atomic mass is 9.70. The number of rotatable bonds is 10. The van der Waals surface area contributed by atoms with Crippen LogP contribution >= 0.6 is 0 Å². The molecule has 0 bridgehead atoms. The first-order valence-corrected chi connectivity index (χ1v) is 20.8. The average Bonchev–Trinajstić information content (AvgIpc) is 3.68. The summed E-state index contributed by atoms with van der Waals surface area (Å²) in [5, 5.41) is 11.7. The summed E-state index contributed by atoms with van der Waals surface area (Å²) in [6, 6.07) is 0.310. The SMILES string of the molecule is CCC=C[C@H]1CCC[C@H](OC2CC[C@H](N(C)C)[C@@H](C)O2)[C@@H](C)C(=O)C2=CC3C(C=CC4C3C[C@H](O[C@@H]3O[C@@H](C)[C@H](OC)[C@@H](OC)[C@H]3OC)[C@H]4O)C2CC(=O)O1. The first-order valence-electron chi connectivity index (χ1n) is 20.8. The Morgan fingerprint density at radius 1 is 0.855 bits per heavy atom. The van der Waals surface area contributed by atoms with Gasteiger partial charge in [-0.15, -0.1) is 0 Å². The second kappa shape index (κ2) is 18.7. The summed E-state index contributed by atoms with van der Waals surface area (Å²) in [7, 11) is 8.98. The van der Waals surface area contributed by atoms with Crippen molar-refractivity contribution < 1.29 is 52.6 Å². The zero-order chi connectivity index (χ0) is 39.6. The highest BCUT2D eigenvalue weighted by Crippen LogP contribution is 2.54. The Morgan fingerprint density at radius 3 is 2.25 bits per heavy atom. The fraction of sp³-hybridized carbons (Fsp3) is 0.814. The van der Waals surface area contributed by atoms with Crippen molar-refractivity contribution in [2.75, 3.05) is 35.4 Å². The highest BCUT2D eigenvalue weighted by molar-refractivity contribution is 5.99. The van der Waals surface area contributed by atoms with Crippen LogP contribution in [-0.2, 0) is 47.5 Å². The van der Waals surface area contributed by atoms with Gasteiger partial charge in [0, 0.05) is 45.1 Å². The highest BCUT2D eigenvalue weighted by Gasteiger charge is 2.55. The van der Waals surface area contributed by atoms with Crippen LogP contribution in [0.3, 0.4) is 0 Å². The number of carbonyl (C=O) groups is 2. The first kappa shape index (κ1) is 42.6. The molecular formula is C43H67NO11. The van der Waals surface area contributed by atoms with Crippen LogP contribution in [0.5, 0.6) is 0 Å². The lowest BCUT2D eigenvalue weighted by Crippen LogP contribution is -2.60. The molecule has 0 aromatic carbocycles. The van der Waals surface area contributed by atoms with Gasteiger partial charge in [0.1, 0.15) is 24.4 Å². The van der Waals surface area contributed by atoms with Crippen LogP contribution in [-0.4, -0.2) is 131 Å². The molecule has 1 N–H and O–H groups in total. The minimum Gasteiger partial charge on any atom is -0.458 e. The number of ketones is 1. The molecule has 3 saturated heterocycles. The minimum atomic E-state index is -0.793. The predicted octanol–water partition coefficient (Wildman–Crippen LogP) is 5.01. The predicted molar refractivity (Wildman–Crippen MR) is 205 cm³/mol. The molecule has 0 spiro atoms. The summed E-state index contributed by atoms with van der Waals surface area (Å²) in [5.41, 5.74) is 0.668. The van der Waals surface area contributed by atoms with Gasteiger partial charge in [0.2, 0.25) is 0 Å². The topological polar surface area (TPSA) is 131 Å². The van der Waals surface area contributed by atoms with Crippen molar-refractivity contribution in [3.05, 3.63) is 36.0 Å². The quantitative estimate of drug-likeness (QED) is 0.237. The number of allylic oxidation sites excluding steroid dienone is 4. The lowest BCUT2D eigenvalue weighted by molar-refractivity contribution is -0.319. The monoisotopic (exact) mass is 773 g/mol. The molecule has 3 heterocycles. The lowest BCUT2D eigenvalue weighted by Gasteiger charge is -2.44. The van der Waals surface area contributed by atoms with Gasteiger partial charge in [0.05, 0.1) is 36.9 Å². The molecule has 3 aliphatic heterocycles. The van der Waals surface area contributed by atoms with Crippen LogP contribution in [0.25, 0.3) is 0 Å². The molecule has 55 heavy (non-hydrogen) atoms. The number of cyclic esters (lactones) is 1. The molecule has 0 amide bonds. The number of fused-ring (bicyclic) bond motifs is 5. The van der Waals surface area contributed by atoms with Crippen LogP contribution in [0, 0.1) is 35.5 Å². The van der Waals surface area contributed by atoms with E-state index in [2.05, 4.69) is 51.1 Å². The molecule has 0 aromatic heterocycles. The molecule has 3 aliphatic carbocycles. The molecule has 0 radical (unpaired) electrons. The van der Waals surface area contributed by atoms with E-state index >= 15 is 0 Å². The third-order valence-corrected chi connectivity index (χ3v) is 13.4. The van der Waals surface area contributed by atoms with Gasteiger partial charge in [-0.3, -0.25) is 9.59 Å². The van der Waals surface area contributed by atoms with E-state index in [1.807, 2.05) is 26.0 Å². The number of methoxy groups -OCH3 is 3. The molecule has 6 rings (SSSR count). The number of esters is 1. The number of carbonyl (C=O) groups excluding carboxylic acids is 2. The highest BCUT2D eigenvalue weighted by atomic mass is 16.7. The molecule has 12 heteroatoms. The number of Topliss-reactive ketones (excluding diaryl/α,β-unsaturated/α-hetero) is 1. The molecule has 12 nitrogen and oxygen atoms in total. The smallest absolute Gasteiger partial charge is 0.307 e. The fourth-order valence-electron chi connectivity index (χ4n) is 10.5. The van der Waals surface area contributed by atoms with Crippen LogP contribution in [0.1, 0.15) is 79.1 Å². The number of hydrogen-bond donors (Lipinski definition) is 1. The molecule has 6 aliphatic rings. The molecule has 0 aromatic rings. The normalized spacial score (nSPS) is 45.4. The maximum absolute atomic E-state index is 14.7. The molecule has 6 unspecified atom stereocenters. The molecular weight excluding hydrogens is 706 g/mol. The van der Waals surface area contributed by atoms with Gasteiger partial charge in [-0.1, -0.05) is 38.2 Å². The van der Waals surface area contributed by atoms with E-state index in [0.717, 1.165) is 25.7 Å². The number of ether oxygens (including phenoxy) is 8. The van der Waals surface area contributed by atoms with E-state index in [9.17, 15) is 14.7 Å². The summed E-state index contributed by atoms with van der Waals surface area (Å²) in [5.74, 6) is -1.43. The Bertz CT molecular complexity index is 1400. The van der Waals surface area contributed by atoms with E-state index in [1.165, 1.54) is 0 Å². The third-order valence-electron chi connectivity index (χ3n) is 13.4. The first-order chi connectivity index (χ1) is 26.4. The number of aliphatic hydroxyl groups excluding tert-OH is 1. The zero-order valence-electron chi connectivity index (χ0n) is 34.4. The van der Waals surface area contributed by atoms with Crippen molar-refractivity contribution in [3.63, 3.8) is 0 Å². The van der Waals surface area contributed by atoms with Crippen molar-refractivity contribution in [2.24, 2.45) is 35.5 Å². The molecule has 4 fully saturated rings. The summed E-state index contributed by atoms with van der Waals surface area (Å²) in [4.78, 5) is 30.6. The van der Waals surface area contributed by atoms with E-state index in [0.29, 0.717) is 30.9 Å². The average molecular weight is 774 g/mol. The van der Waals surface area contributed by atoms with Gasteiger partial charge < -0.3 is 47.9 Å². The van der Waals surface area contributed by atoms with Crippen molar-refractivity contribution in [1.82, 2.24) is 4.90 Å². The van der Waals surface area contributed by atoms with Crippen LogP contribution in [0.15, 0.2) is 36.0 Å². The summed E-state index contributed by atoms with van der Waals surface area (Å²) in [6.45, 7) is 8.04. The van der Waals surface area contributed by atoms with Crippen LogP contribution in [0.2, 0.25) is 0 Å². The summed E-state index contributed by atoms with van der Waals surface area (Å²) >= 11 is 0. The van der Waals surface area contributed by atoms with Gasteiger partial charge in [-0.2, -0.15) is 0 Å². The fourth-order valence-corrected chi connectivity index (χ4v) is 10.5. The number of nitrogens with zero attached hydrogens (tertiary/aromatic N) is 1. The molecule has 18 atom stereocenters. The Labute approximate surface area is 328 Å². The summed E-state index contributed by atoms with van der Waals surface area (Å²) < 4.78 is 49.3. The van der Waals surface area contributed by atoms with E-state index in [4.69, 9.17) is 37.9 Å². The second-order valence-electron chi connectivity index (χ2n) is 16.9. The number of hydrogen-bond acceptors (Lipinski definition) is 12. The van der Waals surface area contributed by atoms with Gasteiger partial charge in [0.25, 0.3) is 0 Å². The minimum absolute atomic E-state index is 0.00506. The van der Waals surface area contributed by atoms with Crippen molar-refractivity contribution in [3.8, 4) is 0 Å². The third kappa shape index (κ3) is 9.03. The Hall–Kier alpha value is -2.00.